The Kier molecular flexibility index (Phi) is 2.43. The minimum atomic E-state index is 0.531. The molecule has 2 N–H and O–H groups in total. The summed E-state index contributed by atoms with van der Waals surface area (Å²) in [6.45, 7) is 2.59. The van der Waals surface area contributed by atoms with Gasteiger partial charge in [0.1, 0.15) is 11.0 Å². The van der Waals surface area contributed by atoms with Crippen molar-refractivity contribution in [1.82, 2.24) is 14.8 Å². The summed E-state index contributed by atoms with van der Waals surface area (Å²) in [5.74, 6) is 0.531. The Morgan fingerprint density at radius 2 is 2.43 bits per heavy atom. The lowest BCUT2D eigenvalue weighted by Crippen LogP contribution is -2.03. The van der Waals surface area contributed by atoms with Crippen molar-refractivity contribution < 1.29 is 0 Å². The third-order valence-corrected chi connectivity index (χ3v) is 3.14. The number of aromatic nitrogens is 3. The molecule has 0 amide bonds. The first-order valence-corrected chi connectivity index (χ1v) is 5.30. The molecule has 6 heteroatoms. The number of anilines is 1. The van der Waals surface area contributed by atoms with Gasteiger partial charge in [0.25, 0.3) is 0 Å². The van der Waals surface area contributed by atoms with E-state index in [1.54, 1.807) is 5.51 Å². The fourth-order valence-corrected chi connectivity index (χ4v) is 2.12. The Bertz CT molecular complexity index is 448. The van der Waals surface area contributed by atoms with E-state index in [-0.39, 0.29) is 0 Å². The number of nitrogens with zero attached hydrogens (tertiary/aromatic N) is 3. The van der Waals surface area contributed by atoms with Gasteiger partial charge in [-0.25, -0.2) is 4.98 Å². The first kappa shape index (κ1) is 9.48. The zero-order valence-corrected chi connectivity index (χ0v) is 9.14. The van der Waals surface area contributed by atoms with E-state index < -0.39 is 0 Å². The Morgan fingerprint density at radius 1 is 1.64 bits per heavy atom. The highest BCUT2D eigenvalue weighted by Gasteiger charge is 2.07. The molecule has 0 saturated carbocycles. The second-order valence-electron chi connectivity index (χ2n) is 2.93. The van der Waals surface area contributed by atoms with Crippen molar-refractivity contribution in [1.29, 1.82) is 0 Å². The number of nitrogen functional groups attached to an aromatic ring is 1. The van der Waals surface area contributed by atoms with Crippen molar-refractivity contribution in [3.8, 4) is 0 Å². The number of hydrogen-bond donors (Lipinski definition) is 1. The molecule has 4 nitrogen and oxygen atoms in total. The van der Waals surface area contributed by atoms with E-state index in [4.69, 9.17) is 17.3 Å². The fourth-order valence-electron chi connectivity index (χ4n) is 1.19. The van der Waals surface area contributed by atoms with E-state index in [1.165, 1.54) is 11.3 Å². The van der Waals surface area contributed by atoms with E-state index in [0.29, 0.717) is 17.5 Å². The molecule has 0 aliphatic rings. The number of nitrogens with two attached hydrogens (primary N) is 1. The second-order valence-corrected chi connectivity index (χ2v) is 4.23. The summed E-state index contributed by atoms with van der Waals surface area (Å²) in [5.41, 5.74) is 8.31. The molecule has 0 spiro atoms. The van der Waals surface area contributed by atoms with Crippen LogP contribution in [-0.4, -0.2) is 14.8 Å². The van der Waals surface area contributed by atoms with Gasteiger partial charge in [-0.15, -0.1) is 11.3 Å². The fraction of sp³-hybridized carbons (Fsp3) is 0.250. The summed E-state index contributed by atoms with van der Waals surface area (Å²) < 4.78 is 1.81. The predicted octanol–water partition coefficient (Wildman–Crippen LogP) is 1.93. The topological polar surface area (TPSA) is 56.7 Å². The molecule has 2 aromatic heterocycles. The van der Waals surface area contributed by atoms with E-state index in [1.807, 2.05) is 17.7 Å². The highest BCUT2D eigenvalue weighted by atomic mass is 35.5. The molecule has 0 unspecified atom stereocenters. The first-order valence-electron chi connectivity index (χ1n) is 4.04. The third-order valence-electron chi connectivity index (χ3n) is 1.88. The summed E-state index contributed by atoms with van der Waals surface area (Å²) in [5, 5.41) is 4.69. The Labute approximate surface area is 90.3 Å². The summed E-state index contributed by atoms with van der Waals surface area (Å²) in [4.78, 5) is 4.96. The third kappa shape index (κ3) is 1.73. The summed E-state index contributed by atoms with van der Waals surface area (Å²) in [7, 11) is 0. The lowest BCUT2D eigenvalue weighted by atomic mass is 10.4. The Morgan fingerprint density at radius 3 is 2.93 bits per heavy atom. The molecule has 0 aliphatic heterocycles. The highest BCUT2D eigenvalue weighted by Crippen LogP contribution is 2.20. The molecule has 0 saturated heterocycles. The smallest absolute Gasteiger partial charge is 0.145 e. The highest BCUT2D eigenvalue weighted by molar-refractivity contribution is 7.10. The Hall–Kier alpha value is -1.07. The molecule has 0 fully saturated rings. The van der Waals surface area contributed by atoms with Gasteiger partial charge < -0.3 is 5.73 Å². The summed E-state index contributed by atoms with van der Waals surface area (Å²) >= 11 is 7.39. The van der Waals surface area contributed by atoms with E-state index in [9.17, 15) is 0 Å². The van der Waals surface area contributed by atoms with Crippen molar-refractivity contribution >= 4 is 28.8 Å². The SMILES string of the molecule is Cc1cc(N)nn1Cc1scnc1Cl. The normalized spacial score (nSPS) is 10.7. The van der Waals surface area contributed by atoms with Crippen LogP contribution in [0.2, 0.25) is 5.15 Å². The van der Waals surface area contributed by atoms with Crippen LogP contribution in [0, 0.1) is 6.92 Å². The molecule has 74 valence electrons. The zero-order valence-electron chi connectivity index (χ0n) is 7.57. The molecule has 0 bridgehead atoms. The van der Waals surface area contributed by atoms with Crippen LogP contribution >= 0.6 is 22.9 Å². The number of thiazole rings is 1. The van der Waals surface area contributed by atoms with Crippen molar-refractivity contribution in [2.75, 3.05) is 5.73 Å². The standard InChI is InChI=1S/C8H9ClN4S/c1-5-2-7(10)12-13(5)3-6-8(9)11-4-14-6/h2,4H,3H2,1H3,(H2,10,12). The number of aryl methyl sites for hydroxylation is 1. The lowest BCUT2D eigenvalue weighted by Gasteiger charge is -2.01. The molecular formula is C8H9ClN4S. The van der Waals surface area contributed by atoms with Gasteiger partial charge in [0.2, 0.25) is 0 Å². The maximum Gasteiger partial charge on any atom is 0.145 e. The van der Waals surface area contributed by atoms with Gasteiger partial charge in [0.05, 0.1) is 16.9 Å². The molecule has 2 aromatic rings. The second kappa shape index (κ2) is 3.59. The number of rotatable bonds is 2. The molecule has 14 heavy (non-hydrogen) atoms. The van der Waals surface area contributed by atoms with Crippen LogP contribution in [-0.2, 0) is 6.54 Å². The monoisotopic (exact) mass is 228 g/mol. The van der Waals surface area contributed by atoms with Crippen LogP contribution < -0.4 is 5.73 Å². The number of hydrogen-bond acceptors (Lipinski definition) is 4. The van der Waals surface area contributed by atoms with Crippen LogP contribution in [0.4, 0.5) is 5.82 Å². The quantitative estimate of drug-likeness (QED) is 0.855. The van der Waals surface area contributed by atoms with Gasteiger partial charge in [-0.2, -0.15) is 5.10 Å². The van der Waals surface area contributed by atoms with Crippen molar-refractivity contribution in [2.45, 2.75) is 13.5 Å². The predicted molar refractivity (Wildman–Crippen MR) is 57.6 cm³/mol. The first-order chi connectivity index (χ1) is 6.66. The lowest BCUT2D eigenvalue weighted by molar-refractivity contribution is 0.674. The van der Waals surface area contributed by atoms with Crippen LogP contribution in [0.1, 0.15) is 10.6 Å². The van der Waals surface area contributed by atoms with Crippen LogP contribution in [0.3, 0.4) is 0 Å². The molecular weight excluding hydrogens is 220 g/mol. The zero-order chi connectivity index (χ0) is 10.1. The van der Waals surface area contributed by atoms with Crippen LogP contribution in [0.5, 0.6) is 0 Å². The molecule has 0 aliphatic carbocycles. The van der Waals surface area contributed by atoms with Gasteiger partial charge >= 0.3 is 0 Å². The van der Waals surface area contributed by atoms with Crippen LogP contribution in [0.25, 0.3) is 0 Å². The molecule has 2 rings (SSSR count). The van der Waals surface area contributed by atoms with Crippen molar-refractivity contribution in [2.24, 2.45) is 0 Å². The number of halogens is 1. The van der Waals surface area contributed by atoms with Gasteiger partial charge in [-0.05, 0) is 6.92 Å². The van der Waals surface area contributed by atoms with Gasteiger partial charge in [0.15, 0.2) is 0 Å². The largest absolute Gasteiger partial charge is 0.382 e. The van der Waals surface area contributed by atoms with Crippen molar-refractivity contribution in [3.63, 3.8) is 0 Å². The molecule has 2 heterocycles. The minimum Gasteiger partial charge on any atom is -0.382 e. The summed E-state index contributed by atoms with van der Waals surface area (Å²) in [6.07, 6.45) is 0. The average Bonchev–Trinajstić information content (AvgIpc) is 2.62. The maximum absolute atomic E-state index is 5.88. The van der Waals surface area contributed by atoms with Gasteiger partial charge in [-0.3, -0.25) is 4.68 Å². The minimum absolute atomic E-state index is 0.531. The Balaban J connectivity index is 2.27. The van der Waals surface area contributed by atoms with E-state index in [0.717, 1.165) is 10.6 Å². The maximum atomic E-state index is 5.88. The van der Waals surface area contributed by atoms with Gasteiger partial charge in [-0.1, -0.05) is 11.6 Å². The average molecular weight is 229 g/mol. The molecule has 0 radical (unpaired) electrons. The summed E-state index contributed by atoms with van der Waals surface area (Å²) in [6, 6.07) is 1.83. The van der Waals surface area contributed by atoms with Gasteiger partial charge in [0, 0.05) is 11.8 Å². The van der Waals surface area contributed by atoms with Crippen molar-refractivity contribution in [3.05, 3.63) is 27.3 Å². The van der Waals surface area contributed by atoms with E-state index >= 15 is 0 Å². The molecule has 0 aromatic carbocycles. The molecule has 0 atom stereocenters. The van der Waals surface area contributed by atoms with E-state index in [2.05, 4.69) is 10.1 Å². The van der Waals surface area contributed by atoms with Crippen LogP contribution in [0.15, 0.2) is 11.6 Å².